The molecule has 0 bridgehead atoms. The molecule has 0 spiro atoms. The van der Waals surface area contributed by atoms with Gasteiger partial charge in [-0.3, -0.25) is 9.59 Å². The van der Waals surface area contributed by atoms with Crippen LogP contribution in [0.2, 0.25) is 0 Å². The maximum Gasteiger partial charge on any atom is 0.250 e. The number of hydrogen-bond acceptors (Lipinski definition) is 3. The van der Waals surface area contributed by atoms with E-state index in [4.69, 9.17) is 4.74 Å². The number of nitrogens with one attached hydrogen (secondary N) is 1. The molecular formula is C14H20N2O3. The smallest absolute Gasteiger partial charge is 0.250 e. The van der Waals surface area contributed by atoms with E-state index >= 15 is 0 Å². The summed E-state index contributed by atoms with van der Waals surface area (Å²) in [4.78, 5) is 23.1. The molecule has 1 atom stereocenters. The molecule has 1 aromatic rings. The number of carbonyl (C=O) groups is 1. The summed E-state index contributed by atoms with van der Waals surface area (Å²) >= 11 is 0. The first-order valence-electron chi connectivity index (χ1n) is 6.75. The SMILES string of the molecule is O=C(C[C@H]1CCOC1)NCCCn1ccccc1=O. The molecule has 19 heavy (non-hydrogen) atoms. The predicted molar refractivity (Wildman–Crippen MR) is 71.9 cm³/mol. The average molecular weight is 264 g/mol. The van der Waals surface area contributed by atoms with E-state index in [0.717, 1.165) is 19.4 Å². The maximum absolute atomic E-state index is 11.6. The fourth-order valence-electron chi connectivity index (χ4n) is 2.20. The lowest BCUT2D eigenvalue weighted by Gasteiger charge is -2.09. The van der Waals surface area contributed by atoms with Gasteiger partial charge in [-0.15, -0.1) is 0 Å². The first-order valence-corrected chi connectivity index (χ1v) is 6.75. The Bertz CT molecular complexity index is 464. The number of pyridine rings is 1. The van der Waals surface area contributed by atoms with Crippen LogP contribution < -0.4 is 10.9 Å². The molecule has 0 unspecified atom stereocenters. The van der Waals surface area contributed by atoms with Crippen LogP contribution >= 0.6 is 0 Å². The zero-order valence-electron chi connectivity index (χ0n) is 11.0. The minimum atomic E-state index is -0.00284. The number of ether oxygens (including phenoxy) is 1. The molecule has 1 aliphatic rings. The van der Waals surface area contributed by atoms with E-state index in [0.29, 0.717) is 32.0 Å². The van der Waals surface area contributed by atoms with Gasteiger partial charge in [-0.05, 0) is 24.8 Å². The summed E-state index contributed by atoms with van der Waals surface area (Å²) in [6, 6.07) is 5.10. The van der Waals surface area contributed by atoms with E-state index in [9.17, 15) is 9.59 Å². The van der Waals surface area contributed by atoms with Crippen molar-refractivity contribution in [1.82, 2.24) is 9.88 Å². The minimum absolute atomic E-state index is 0.00284. The highest BCUT2D eigenvalue weighted by molar-refractivity contribution is 5.76. The van der Waals surface area contributed by atoms with Crippen LogP contribution in [0, 0.1) is 5.92 Å². The van der Waals surface area contributed by atoms with Crippen LogP contribution in [0.15, 0.2) is 29.2 Å². The molecule has 0 aromatic carbocycles. The number of aromatic nitrogens is 1. The Labute approximate surface area is 112 Å². The summed E-state index contributed by atoms with van der Waals surface area (Å²) in [6.07, 6.45) is 4.05. The fourth-order valence-corrected chi connectivity index (χ4v) is 2.20. The van der Waals surface area contributed by atoms with Crippen molar-refractivity contribution in [3.8, 4) is 0 Å². The number of rotatable bonds is 6. The second-order valence-electron chi connectivity index (χ2n) is 4.87. The monoisotopic (exact) mass is 264 g/mol. The van der Waals surface area contributed by atoms with Gasteiger partial charge in [0.05, 0.1) is 0 Å². The Kier molecular flexibility index (Phi) is 5.15. The molecule has 5 nitrogen and oxygen atoms in total. The summed E-state index contributed by atoms with van der Waals surface area (Å²) < 4.78 is 6.89. The zero-order chi connectivity index (χ0) is 13.5. The largest absolute Gasteiger partial charge is 0.381 e. The number of aryl methyl sites for hydroxylation is 1. The number of nitrogens with zero attached hydrogens (tertiary/aromatic N) is 1. The van der Waals surface area contributed by atoms with Crippen molar-refractivity contribution in [3.05, 3.63) is 34.7 Å². The molecule has 1 amide bonds. The quantitative estimate of drug-likeness (QED) is 0.772. The molecule has 0 radical (unpaired) electrons. The molecule has 2 heterocycles. The molecule has 1 aliphatic heterocycles. The van der Waals surface area contributed by atoms with E-state index in [1.165, 1.54) is 0 Å². The highest BCUT2D eigenvalue weighted by atomic mass is 16.5. The molecule has 1 fully saturated rings. The standard InChI is InChI=1S/C14H20N2O3/c17-13(10-12-5-9-19-11-12)15-6-3-8-16-7-2-1-4-14(16)18/h1-2,4,7,12H,3,5-6,8-11H2,(H,15,17)/t12-/m1/s1. The van der Waals surface area contributed by atoms with E-state index in [1.807, 2.05) is 6.07 Å². The third-order valence-corrected chi connectivity index (χ3v) is 3.30. The summed E-state index contributed by atoms with van der Waals surface area (Å²) in [5, 5.41) is 2.89. The average Bonchev–Trinajstić information content (AvgIpc) is 2.89. The van der Waals surface area contributed by atoms with Gasteiger partial charge in [-0.25, -0.2) is 0 Å². The van der Waals surface area contributed by atoms with Crippen molar-refractivity contribution in [3.63, 3.8) is 0 Å². The van der Waals surface area contributed by atoms with Crippen LogP contribution in [0.4, 0.5) is 0 Å². The summed E-state index contributed by atoms with van der Waals surface area (Å²) in [7, 11) is 0. The normalized spacial score (nSPS) is 18.4. The van der Waals surface area contributed by atoms with Crippen LogP contribution in [0.3, 0.4) is 0 Å². The van der Waals surface area contributed by atoms with E-state index < -0.39 is 0 Å². The van der Waals surface area contributed by atoms with Crippen LogP contribution in [0.1, 0.15) is 19.3 Å². The number of amides is 1. The first kappa shape index (κ1) is 13.8. The van der Waals surface area contributed by atoms with Crippen molar-refractivity contribution in [1.29, 1.82) is 0 Å². The van der Waals surface area contributed by atoms with Crippen molar-refractivity contribution in [2.24, 2.45) is 5.92 Å². The Hall–Kier alpha value is -1.62. The lowest BCUT2D eigenvalue weighted by molar-refractivity contribution is -0.122. The Morgan fingerprint density at radius 3 is 3.11 bits per heavy atom. The van der Waals surface area contributed by atoms with Gasteiger partial charge in [-0.1, -0.05) is 6.07 Å². The number of hydrogen-bond donors (Lipinski definition) is 1. The fraction of sp³-hybridized carbons (Fsp3) is 0.571. The minimum Gasteiger partial charge on any atom is -0.381 e. The lowest BCUT2D eigenvalue weighted by atomic mass is 10.1. The molecule has 0 aliphatic carbocycles. The Morgan fingerprint density at radius 1 is 1.47 bits per heavy atom. The van der Waals surface area contributed by atoms with Crippen LogP contribution in [0.5, 0.6) is 0 Å². The molecule has 1 N–H and O–H groups in total. The zero-order valence-corrected chi connectivity index (χ0v) is 11.0. The summed E-state index contributed by atoms with van der Waals surface area (Å²) in [6.45, 7) is 2.71. The first-order chi connectivity index (χ1) is 9.25. The van der Waals surface area contributed by atoms with E-state index in [2.05, 4.69) is 5.32 Å². The van der Waals surface area contributed by atoms with Gasteiger partial charge in [0.15, 0.2) is 0 Å². The topological polar surface area (TPSA) is 60.3 Å². The molecule has 2 rings (SSSR count). The van der Waals surface area contributed by atoms with E-state index in [-0.39, 0.29) is 11.5 Å². The van der Waals surface area contributed by atoms with E-state index in [1.54, 1.807) is 22.9 Å². The Balaban J connectivity index is 1.62. The molecular weight excluding hydrogens is 244 g/mol. The van der Waals surface area contributed by atoms with Crippen molar-refractivity contribution < 1.29 is 9.53 Å². The molecule has 104 valence electrons. The van der Waals surface area contributed by atoms with Crippen LogP contribution in [-0.2, 0) is 16.1 Å². The lowest BCUT2D eigenvalue weighted by Crippen LogP contribution is -2.28. The Morgan fingerprint density at radius 2 is 2.37 bits per heavy atom. The third-order valence-electron chi connectivity index (χ3n) is 3.30. The highest BCUT2D eigenvalue weighted by Gasteiger charge is 2.18. The second-order valence-corrected chi connectivity index (χ2v) is 4.87. The summed E-state index contributed by atoms with van der Waals surface area (Å²) in [5.74, 6) is 0.452. The predicted octanol–water partition coefficient (Wildman–Crippen LogP) is 0.781. The molecule has 1 aromatic heterocycles. The van der Waals surface area contributed by atoms with Crippen molar-refractivity contribution in [2.45, 2.75) is 25.8 Å². The van der Waals surface area contributed by atoms with Gasteiger partial charge in [0.25, 0.3) is 0 Å². The van der Waals surface area contributed by atoms with Gasteiger partial charge < -0.3 is 14.6 Å². The molecule has 5 heteroatoms. The molecule has 1 saturated heterocycles. The maximum atomic E-state index is 11.6. The van der Waals surface area contributed by atoms with Crippen molar-refractivity contribution in [2.75, 3.05) is 19.8 Å². The summed E-state index contributed by atoms with van der Waals surface area (Å²) in [5.41, 5.74) is -0.00284. The van der Waals surface area contributed by atoms with Gasteiger partial charge in [0.2, 0.25) is 11.5 Å². The third kappa shape index (κ3) is 4.52. The molecule has 0 saturated carbocycles. The van der Waals surface area contributed by atoms with Gasteiger partial charge >= 0.3 is 0 Å². The van der Waals surface area contributed by atoms with Crippen LogP contribution in [-0.4, -0.2) is 30.2 Å². The van der Waals surface area contributed by atoms with Gasteiger partial charge in [-0.2, -0.15) is 0 Å². The van der Waals surface area contributed by atoms with Gasteiger partial charge in [0, 0.05) is 45.0 Å². The number of carbonyl (C=O) groups excluding carboxylic acids is 1. The highest BCUT2D eigenvalue weighted by Crippen LogP contribution is 2.15. The second kappa shape index (κ2) is 7.09. The van der Waals surface area contributed by atoms with Gasteiger partial charge in [0.1, 0.15) is 0 Å². The van der Waals surface area contributed by atoms with Crippen LogP contribution in [0.25, 0.3) is 0 Å². The van der Waals surface area contributed by atoms with Crippen molar-refractivity contribution >= 4 is 5.91 Å².